The van der Waals surface area contributed by atoms with E-state index in [4.69, 9.17) is 9.84 Å². The molecule has 6 nitrogen and oxygen atoms in total. The number of nitro benzene ring substituents is 1. The lowest BCUT2D eigenvalue weighted by molar-refractivity contribution is -0.386. The van der Waals surface area contributed by atoms with Crippen LogP contribution in [0.5, 0.6) is 5.75 Å². The molecule has 1 aromatic carbocycles. The van der Waals surface area contributed by atoms with Crippen LogP contribution in [0.15, 0.2) is 18.2 Å². The van der Waals surface area contributed by atoms with Gasteiger partial charge in [0.05, 0.1) is 30.3 Å². The number of benzene rings is 1. The Bertz CT molecular complexity index is 366. The SMILES string of the molecule is COc1ccc(C(O)CO)c([N+](=O)[O-])c1. The van der Waals surface area contributed by atoms with Gasteiger partial charge in [-0.2, -0.15) is 0 Å². The molecule has 15 heavy (non-hydrogen) atoms. The number of methoxy groups -OCH3 is 1. The van der Waals surface area contributed by atoms with E-state index in [9.17, 15) is 15.2 Å². The van der Waals surface area contributed by atoms with Gasteiger partial charge in [0.25, 0.3) is 5.69 Å². The first-order chi connectivity index (χ1) is 7.10. The molecule has 0 aliphatic carbocycles. The molecule has 0 spiro atoms. The predicted octanol–water partition coefficient (Wildman–Crippen LogP) is 0.629. The van der Waals surface area contributed by atoms with E-state index >= 15 is 0 Å². The Kier molecular flexibility index (Phi) is 3.59. The van der Waals surface area contributed by atoms with Crippen LogP contribution in [0.1, 0.15) is 11.7 Å². The molecule has 2 N–H and O–H groups in total. The fourth-order valence-electron chi connectivity index (χ4n) is 1.19. The fraction of sp³-hybridized carbons (Fsp3) is 0.333. The number of aliphatic hydroxyl groups excluding tert-OH is 2. The van der Waals surface area contributed by atoms with E-state index in [-0.39, 0.29) is 11.3 Å². The molecule has 1 rings (SSSR count). The van der Waals surface area contributed by atoms with E-state index < -0.39 is 17.6 Å². The molecular weight excluding hydrogens is 202 g/mol. The molecule has 0 saturated carbocycles. The molecule has 0 aliphatic heterocycles. The maximum absolute atomic E-state index is 10.7. The number of hydrogen-bond acceptors (Lipinski definition) is 5. The van der Waals surface area contributed by atoms with Crippen LogP contribution in [0.25, 0.3) is 0 Å². The van der Waals surface area contributed by atoms with Crippen LogP contribution in [-0.2, 0) is 0 Å². The minimum absolute atomic E-state index is 0.0725. The van der Waals surface area contributed by atoms with Gasteiger partial charge in [-0.1, -0.05) is 0 Å². The van der Waals surface area contributed by atoms with E-state index in [0.29, 0.717) is 5.75 Å². The van der Waals surface area contributed by atoms with E-state index in [1.807, 2.05) is 0 Å². The van der Waals surface area contributed by atoms with Gasteiger partial charge in [-0.15, -0.1) is 0 Å². The highest BCUT2D eigenvalue weighted by molar-refractivity contribution is 5.47. The average Bonchev–Trinajstić information content (AvgIpc) is 2.27. The van der Waals surface area contributed by atoms with Crippen LogP contribution in [0.4, 0.5) is 5.69 Å². The molecule has 0 radical (unpaired) electrons. The van der Waals surface area contributed by atoms with Gasteiger partial charge in [0, 0.05) is 0 Å². The fourth-order valence-corrected chi connectivity index (χ4v) is 1.19. The second kappa shape index (κ2) is 4.72. The number of hydrogen-bond donors (Lipinski definition) is 2. The van der Waals surface area contributed by atoms with Gasteiger partial charge >= 0.3 is 0 Å². The normalized spacial score (nSPS) is 12.2. The van der Waals surface area contributed by atoms with Gasteiger partial charge < -0.3 is 14.9 Å². The lowest BCUT2D eigenvalue weighted by Gasteiger charge is -2.09. The molecule has 0 aromatic heterocycles. The van der Waals surface area contributed by atoms with Crippen molar-refractivity contribution in [2.75, 3.05) is 13.7 Å². The summed E-state index contributed by atoms with van der Waals surface area (Å²) in [4.78, 5) is 10.0. The number of rotatable bonds is 4. The summed E-state index contributed by atoms with van der Waals surface area (Å²) in [6, 6.07) is 4.05. The van der Waals surface area contributed by atoms with Gasteiger partial charge in [0.15, 0.2) is 0 Å². The first kappa shape index (κ1) is 11.4. The van der Waals surface area contributed by atoms with Crippen LogP contribution in [-0.4, -0.2) is 28.9 Å². The third kappa shape index (κ3) is 2.42. The second-order valence-electron chi connectivity index (χ2n) is 2.88. The minimum atomic E-state index is -1.25. The first-order valence-corrected chi connectivity index (χ1v) is 4.21. The van der Waals surface area contributed by atoms with Gasteiger partial charge in [0.1, 0.15) is 11.9 Å². The Morgan fingerprint density at radius 1 is 1.60 bits per heavy atom. The highest BCUT2D eigenvalue weighted by Gasteiger charge is 2.20. The zero-order valence-electron chi connectivity index (χ0n) is 8.08. The van der Waals surface area contributed by atoms with Crippen LogP contribution in [0.2, 0.25) is 0 Å². The maximum Gasteiger partial charge on any atom is 0.278 e. The molecule has 1 aromatic rings. The van der Waals surface area contributed by atoms with Crippen molar-refractivity contribution in [3.05, 3.63) is 33.9 Å². The third-order valence-electron chi connectivity index (χ3n) is 1.97. The predicted molar refractivity (Wildman–Crippen MR) is 51.7 cm³/mol. The molecule has 0 amide bonds. The molecular formula is C9H11NO5. The molecule has 0 bridgehead atoms. The summed E-state index contributed by atoms with van der Waals surface area (Å²) in [7, 11) is 1.39. The molecule has 82 valence electrons. The minimum Gasteiger partial charge on any atom is -0.497 e. The Labute approximate surface area is 85.9 Å². The molecule has 0 fully saturated rings. The number of aliphatic hydroxyl groups is 2. The van der Waals surface area contributed by atoms with E-state index in [1.165, 1.54) is 25.3 Å². The summed E-state index contributed by atoms with van der Waals surface area (Å²) in [5.41, 5.74) is -0.195. The Morgan fingerprint density at radius 2 is 2.27 bits per heavy atom. The summed E-state index contributed by atoms with van der Waals surface area (Å²) in [5, 5.41) is 28.7. The molecule has 6 heteroatoms. The Morgan fingerprint density at radius 3 is 2.73 bits per heavy atom. The zero-order chi connectivity index (χ0) is 11.4. The largest absolute Gasteiger partial charge is 0.497 e. The molecule has 1 unspecified atom stereocenters. The molecule has 0 heterocycles. The first-order valence-electron chi connectivity index (χ1n) is 4.21. The quantitative estimate of drug-likeness (QED) is 0.565. The van der Waals surface area contributed by atoms with Crippen molar-refractivity contribution in [1.82, 2.24) is 0 Å². The Hall–Kier alpha value is -1.66. The summed E-state index contributed by atoms with van der Waals surface area (Å²) in [6.45, 7) is -0.562. The van der Waals surface area contributed by atoms with Crippen molar-refractivity contribution < 1.29 is 19.9 Å². The Balaban J connectivity index is 3.21. The van der Waals surface area contributed by atoms with Gasteiger partial charge in [-0.25, -0.2) is 0 Å². The van der Waals surface area contributed by atoms with Gasteiger partial charge in [-0.3, -0.25) is 10.1 Å². The van der Waals surface area contributed by atoms with Gasteiger partial charge in [-0.05, 0) is 12.1 Å². The number of nitrogens with zero attached hydrogens (tertiary/aromatic N) is 1. The summed E-state index contributed by atoms with van der Waals surface area (Å²) in [5.74, 6) is 0.329. The average molecular weight is 213 g/mol. The van der Waals surface area contributed by atoms with E-state index in [0.717, 1.165) is 0 Å². The third-order valence-corrected chi connectivity index (χ3v) is 1.97. The number of nitro groups is 1. The smallest absolute Gasteiger partial charge is 0.278 e. The van der Waals surface area contributed by atoms with Gasteiger partial charge in [0.2, 0.25) is 0 Å². The van der Waals surface area contributed by atoms with Crippen molar-refractivity contribution in [1.29, 1.82) is 0 Å². The van der Waals surface area contributed by atoms with E-state index in [1.54, 1.807) is 0 Å². The summed E-state index contributed by atoms with van der Waals surface area (Å²) in [6.07, 6.45) is -1.25. The maximum atomic E-state index is 10.7. The summed E-state index contributed by atoms with van der Waals surface area (Å²) < 4.78 is 4.82. The lowest BCUT2D eigenvalue weighted by atomic mass is 10.1. The molecule has 1 atom stereocenters. The highest BCUT2D eigenvalue weighted by Crippen LogP contribution is 2.28. The monoisotopic (exact) mass is 213 g/mol. The zero-order valence-corrected chi connectivity index (χ0v) is 8.08. The van der Waals surface area contributed by atoms with Crippen LogP contribution < -0.4 is 4.74 Å². The van der Waals surface area contributed by atoms with Crippen molar-refractivity contribution in [2.24, 2.45) is 0 Å². The lowest BCUT2D eigenvalue weighted by Crippen LogP contribution is -2.06. The van der Waals surface area contributed by atoms with Crippen molar-refractivity contribution >= 4 is 5.69 Å². The van der Waals surface area contributed by atoms with Crippen molar-refractivity contribution in [3.8, 4) is 5.75 Å². The topological polar surface area (TPSA) is 92.8 Å². The van der Waals surface area contributed by atoms with Crippen molar-refractivity contribution in [3.63, 3.8) is 0 Å². The highest BCUT2D eigenvalue weighted by atomic mass is 16.6. The molecule has 0 aliphatic rings. The summed E-state index contributed by atoms with van der Waals surface area (Å²) >= 11 is 0. The van der Waals surface area contributed by atoms with Crippen molar-refractivity contribution in [2.45, 2.75) is 6.10 Å². The molecule has 0 saturated heterocycles. The van der Waals surface area contributed by atoms with E-state index in [2.05, 4.69) is 0 Å². The number of ether oxygens (including phenoxy) is 1. The second-order valence-corrected chi connectivity index (χ2v) is 2.88. The standard InChI is InChI=1S/C9H11NO5/c1-15-6-2-3-7(9(12)5-11)8(4-6)10(13)14/h2-4,9,11-12H,5H2,1H3. The van der Waals surface area contributed by atoms with Crippen LogP contribution in [0, 0.1) is 10.1 Å². The van der Waals surface area contributed by atoms with Crippen LogP contribution in [0.3, 0.4) is 0 Å². The van der Waals surface area contributed by atoms with Crippen LogP contribution >= 0.6 is 0 Å².